The first-order valence-corrected chi connectivity index (χ1v) is 4.71. The van der Waals surface area contributed by atoms with Gasteiger partial charge in [-0.15, -0.1) is 0 Å². The zero-order chi connectivity index (χ0) is 12.6. The Hall–Kier alpha value is -2.05. The van der Waals surface area contributed by atoms with Crippen molar-refractivity contribution in [2.75, 3.05) is 10.7 Å². The SMILES string of the molecule is Nc1ccc(N2N=C(C(F)(F)F)CC2=O)cc1. The maximum Gasteiger partial charge on any atom is 0.431 e. The van der Waals surface area contributed by atoms with Gasteiger partial charge >= 0.3 is 6.18 Å². The van der Waals surface area contributed by atoms with Crippen molar-refractivity contribution in [3.05, 3.63) is 24.3 Å². The van der Waals surface area contributed by atoms with E-state index < -0.39 is 24.2 Å². The molecule has 0 radical (unpaired) electrons. The third-order valence-electron chi connectivity index (χ3n) is 2.24. The molecule has 7 heteroatoms. The molecule has 0 saturated carbocycles. The van der Waals surface area contributed by atoms with Gasteiger partial charge in [-0.25, -0.2) is 5.01 Å². The summed E-state index contributed by atoms with van der Waals surface area (Å²) in [5, 5.41) is 4.01. The summed E-state index contributed by atoms with van der Waals surface area (Å²) in [6.07, 6.45) is -5.30. The predicted molar refractivity (Wildman–Crippen MR) is 56.4 cm³/mol. The van der Waals surface area contributed by atoms with E-state index in [2.05, 4.69) is 5.10 Å². The van der Waals surface area contributed by atoms with Crippen LogP contribution >= 0.6 is 0 Å². The van der Waals surface area contributed by atoms with E-state index in [0.29, 0.717) is 5.69 Å². The Morgan fingerprint density at radius 2 is 1.82 bits per heavy atom. The molecule has 0 aliphatic carbocycles. The number of hydrogen-bond acceptors (Lipinski definition) is 3. The van der Waals surface area contributed by atoms with Crippen molar-refractivity contribution in [3.63, 3.8) is 0 Å². The van der Waals surface area contributed by atoms with E-state index in [9.17, 15) is 18.0 Å². The first-order valence-electron chi connectivity index (χ1n) is 4.71. The standard InChI is InChI=1S/C10H8F3N3O/c11-10(12,13)8-5-9(17)16(15-8)7-3-1-6(14)2-4-7/h1-4H,5,14H2. The zero-order valence-electron chi connectivity index (χ0n) is 8.53. The second-order valence-corrected chi connectivity index (χ2v) is 3.52. The molecule has 0 aromatic heterocycles. The maximum absolute atomic E-state index is 12.4. The van der Waals surface area contributed by atoms with Gasteiger partial charge in [0.2, 0.25) is 0 Å². The molecule has 0 bridgehead atoms. The molecule has 2 N–H and O–H groups in total. The van der Waals surface area contributed by atoms with Gasteiger partial charge in [0.05, 0.1) is 12.1 Å². The molecule has 0 unspecified atom stereocenters. The van der Waals surface area contributed by atoms with Crippen LogP contribution in [-0.2, 0) is 4.79 Å². The molecular weight excluding hydrogens is 235 g/mol. The van der Waals surface area contributed by atoms with E-state index in [1.165, 1.54) is 24.3 Å². The Balaban J connectivity index is 2.31. The van der Waals surface area contributed by atoms with Crippen LogP contribution in [0.25, 0.3) is 0 Å². The van der Waals surface area contributed by atoms with E-state index in [-0.39, 0.29) is 5.69 Å². The second-order valence-electron chi connectivity index (χ2n) is 3.52. The molecule has 4 nitrogen and oxygen atoms in total. The minimum Gasteiger partial charge on any atom is -0.399 e. The highest BCUT2D eigenvalue weighted by Crippen LogP contribution is 2.28. The summed E-state index contributed by atoms with van der Waals surface area (Å²) in [6, 6.07) is 5.86. The van der Waals surface area contributed by atoms with E-state index >= 15 is 0 Å². The highest BCUT2D eigenvalue weighted by Gasteiger charge is 2.42. The van der Waals surface area contributed by atoms with Crippen LogP contribution in [-0.4, -0.2) is 17.8 Å². The summed E-state index contributed by atoms with van der Waals surface area (Å²) in [7, 11) is 0. The van der Waals surface area contributed by atoms with Crippen LogP contribution in [0.5, 0.6) is 0 Å². The van der Waals surface area contributed by atoms with Crippen LogP contribution in [0.4, 0.5) is 24.5 Å². The van der Waals surface area contributed by atoms with Crippen LogP contribution < -0.4 is 10.7 Å². The number of nitrogens with two attached hydrogens (primary N) is 1. The lowest BCUT2D eigenvalue weighted by Gasteiger charge is -2.11. The number of rotatable bonds is 1. The van der Waals surface area contributed by atoms with Gasteiger partial charge in [-0.1, -0.05) is 0 Å². The van der Waals surface area contributed by atoms with E-state index in [1.807, 2.05) is 0 Å². The van der Waals surface area contributed by atoms with Crippen LogP contribution in [0.15, 0.2) is 29.4 Å². The largest absolute Gasteiger partial charge is 0.431 e. The molecule has 1 aliphatic heterocycles. The van der Waals surface area contributed by atoms with Crippen molar-refractivity contribution in [1.82, 2.24) is 0 Å². The molecule has 1 aliphatic rings. The highest BCUT2D eigenvalue weighted by molar-refractivity contribution is 6.14. The van der Waals surface area contributed by atoms with Crippen molar-refractivity contribution < 1.29 is 18.0 Å². The fourth-order valence-corrected chi connectivity index (χ4v) is 1.40. The van der Waals surface area contributed by atoms with E-state index in [0.717, 1.165) is 5.01 Å². The van der Waals surface area contributed by atoms with Crippen LogP contribution in [0.3, 0.4) is 0 Å². The molecule has 2 rings (SSSR count). The van der Waals surface area contributed by atoms with Gasteiger partial charge in [-0.2, -0.15) is 18.3 Å². The topological polar surface area (TPSA) is 58.7 Å². The Bertz CT molecular complexity index is 479. The van der Waals surface area contributed by atoms with Gasteiger partial charge in [0.25, 0.3) is 5.91 Å². The molecule has 17 heavy (non-hydrogen) atoms. The molecule has 1 aromatic carbocycles. The number of carbonyl (C=O) groups is 1. The lowest BCUT2D eigenvalue weighted by atomic mass is 10.2. The molecule has 0 atom stereocenters. The van der Waals surface area contributed by atoms with Gasteiger partial charge in [-0.05, 0) is 24.3 Å². The summed E-state index contributed by atoms with van der Waals surface area (Å²) in [5.74, 6) is -0.706. The average Bonchev–Trinajstić information content (AvgIpc) is 2.61. The number of anilines is 2. The van der Waals surface area contributed by atoms with E-state index in [1.54, 1.807) is 0 Å². The molecule has 1 amide bonds. The Kier molecular flexibility index (Phi) is 2.53. The lowest BCUT2D eigenvalue weighted by molar-refractivity contribution is -0.117. The summed E-state index contributed by atoms with van der Waals surface area (Å²) in [4.78, 5) is 11.4. The van der Waals surface area contributed by atoms with Gasteiger partial charge in [0.15, 0.2) is 5.71 Å². The fraction of sp³-hybridized carbons (Fsp3) is 0.200. The minimum atomic E-state index is -4.57. The Morgan fingerprint density at radius 3 is 2.29 bits per heavy atom. The van der Waals surface area contributed by atoms with Gasteiger partial charge < -0.3 is 5.73 Å². The Labute approximate surface area is 94.5 Å². The van der Waals surface area contributed by atoms with Gasteiger partial charge in [-0.3, -0.25) is 4.79 Å². The third-order valence-corrected chi connectivity index (χ3v) is 2.24. The number of halogens is 3. The van der Waals surface area contributed by atoms with Crippen LogP contribution in [0.1, 0.15) is 6.42 Å². The van der Waals surface area contributed by atoms with Crippen molar-refractivity contribution in [2.24, 2.45) is 5.10 Å². The lowest BCUT2D eigenvalue weighted by Crippen LogP contribution is -2.22. The van der Waals surface area contributed by atoms with Crippen LogP contribution in [0.2, 0.25) is 0 Å². The number of benzene rings is 1. The van der Waals surface area contributed by atoms with Crippen molar-refractivity contribution in [2.45, 2.75) is 12.6 Å². The number of alkyl halides is 3. The van der Waals surface area contributed by atoms with E-state index in [4.69, 9.17) is 5.73 Å². The summed E-state index contributed by atoms with van der Waals surface area (Å²) < 4.78 is 37.1. The first kappa shape index (κ1) is 11.4. The quantitative estimate of drug-likeness (QED) is 0.766. The smallest absolute Gasteiger partial charge is 0.399 e. The van der Waals surface area contributed by atoms with Crippen LogP contribution in [0, 0.1) is 0 Å². The predicted octanol–water partition coefficient (Wildman–Crippen LogP) is 1.92. The number of hydrogen-bond donors (Lipinski definition) is 1. The molecule has 0 spiro atoms. The monoisotopic (exact) mass is 243 g/mol. The average molecular weight is 243 g/mol. The molecule has 1 aromatic rings. The fourth-order valence-electron chi connectivity index (χ4n) is 1.40. The molecular formula is C10H8F3N3O. The van der Waals surface area contributed by atoms with Crippen molar-refractivity contribution >= 4 is 23.0 Å². The Morgan fingerprint density at radius 1 is 1.24 bits per heavy atom. The molecule has 0 saturated heterocycles. The summed E-state index contributed by atoms with van der Waals surface area (Å²) >= 11 is 0. The number of nitrogens with zero attached hydrogens (tertiary/aromatic N) is 2. The number of carbonyl (C=O) groups excluding carboxylic acids is 1. The maximum atomic E-state index is 12.4. The summed E-state index contributed by atoms with van der Waals surface area (Å²) in [5.41, 5.74) is 5.08. The summed E-state index contributed by atoms with van der Waals surface area (Å²) in [6.45, 7) is 0. The van der Waals surface area contributed by atoms with Crippen molar-refractivity contribution in [1.29, 1.82) is 0 Å². The minimum absolute atomic E-state index is 0.267. The second kappa shape index (κ2) is 3.76. The molecule has 0 fully saturated rings. The molecule has 90 valence electrons. The first-order chi connectivity index (χ1) is 7.88. The van der Waals surface area contributed by atoms with Crippen molar-refractivity contribution in [3.8, 4) is 0 Å². The zero-order valence-corrected chi connectivity index (χ0v) is 8.53. The molecule has 1 heterocycles. The highest BCUT2D eigenvalue weighted by atomic mass is 19.4. The number of nitrogen functional groups attached to an aromatic ring is 1. The number of hydrazone groups is 1. The van der Waals surface area contributed by atoms with Gasteiger partial charge in [0.1, 0.15) is 0 Å². The number of amides is 1. The van der Waals surface area contributed by atoms with Gasteiger partial charge in [0, 0.05) is 5.69 Å². The normalized spacial score (nSPS) is 16.3. The third kappa shape index (κ3) is 2.22.